The summed E-state index contributed by atoms with van der Waals surface area (Å²) in [6.07, 6.45) is 2.92. The molecule has 2 rings (SSSR count). The fraction of sp³-hybridized carbons (Fsp3) is 0.308. The predicted molar refractivity (Wildman–Crippen MR) is 66.6 cm³/mol. The first kappa shape index (κ1) is 11.3. The zero-order valence-corrected chi connectivity index (χ0v) is 10.1. The molecule has 0 bridgehead atoms. The fourth-order valence-corrected chi connectivity index (χ4v) is 2.33. The SMILES string of the molecule is Cc1ccnc(C(O)CCc2ccsc2)c1. The van der Waals surface area contributed by atoms with E-state index in [0.29, 0.717) is 0 Å². The van der Waals surface area contributed by atoms with Crippen LogP contribution < -0.4 is 0 Å². The van der Waals surface area contributed by atoms with Gasteiger partial charge in [0.15, 0.2) is 0 Å². The van der Waals surface area contributed by atoms with Gasteiger partial charge in [-0.15, -0.1) is 0 Å². The topological polar surface area (TPSA) is 33.1 Å². The van der Waals surface area contributed by atoms with Crippen molar-refractivity contribution >= 4 is 11.3 Å². The average Bonchev–Trinajstić information content (AvgIpc) is 2.78. The number of rotatable bonds is 4. The molecule has 0 saturated carbocycles. The zero-order valence-electron chi connectivity index (χ0n) is 9.26. The summed E-state index contributed by atoms with van der Waals surface area (Å²) in [5, 5.41) is 14.2. The molecule has 84 valence electrons. The Morgan fingerprint density at radius 1 is 1.44 bits per heavy atom. The maximum Gasteiger partial charge on any atom is 0.0963 e. The lowest BCUT2D eigenvalue weighted by Gasteiger charge is -2.09. The second kappa shape index (κ2) is 5.23. The van der Waals surface area contributed by atoms with Gasteiger partial charge in [-0.1, -0.05) is 0 Å². The smallest absolute Gasteiger partial charge is 0.0963 e. The van der Waals surface area contributed by atoms with Crippen LogP contribution in [0.15, 0.2) is 35.2 Å². The number of aliphatic hydroxyl groups excluding tert-OH is 1. The van der Waals surface area contributed by atoms with E-state index in [1.165, 1.54) is 5.56 Å². The van der Waals surface area contributed by atoms with Gasteiger partial charge in [-0.05, 0) is 59.9 Å². The highest BCUT2D eigenvalue weighted by atomic mass is 32.1. The van der Waals surface area contributed by atoms with Crippen molar-refractivity contribution in [1.29, 1.82) is 0 Å². The molecule has 0 amide bonds. The molecule has 0 fully saturated rings. The minimum atomic E-state index is -0.459. The molecule has 16 heavy (non-hydrogen) atoms. The monoisotopic (exact) mass is 233 g/mol. The molecular formula is C13H15NOS. The third-order valence-electron chi connectivity index (χ3n) is 2.56. The molecular weight excluding hydrogens is 218 g/mol. The molecule has 2 aromatic heterocycles. The van der Waals surface area contributed by atoms with Crippen LogP contribution >= 0.6 is 11.3 Å². The van der Waals surface area contributed by atoms with Crippen LogP contribution in [-0.4, -0.2) is 10.1 Å². The molecule has 0 aliphatic carbocycles. The minimum Gasteiger partial charge on any atom is -0.387 e. The van der Waals surface area contributed by atoms with E-state index in [9.17, 15) is 5.11 Å². The Hall–Kier alpha value is -1.19. The third kappa shape index (κ3) is 2.90. The van der Waals surface area contributed by atoms with E-state index in [-0.39, 0.29) is 0 Å². The minimum absolute atomic E-state index is 0.459. The van der Waals surface area contributed by atoms with E-state index in [0.717, 1.165) is 24.1 Å². The molecule has 0 aliphatic heterocycles. The van der Waals surface area contributed by atoms with E-state index >= 15 is 0 Å². The predicted octanol–water partition coefficient (Wildman–Crippen LogP) is 3.12. The maximum absolute atomic E-state index is 9.98. The summed E-state index contributed by atoms with van der Waals surface area (Å²) in [5.74, 6) is 0. The highest BCUT2D eigenvalue weighted by Gasteiger charge is 2.09. The average molecular weight is 233 g/mol. The lowest BCUT2D eigenvalue weighted by Crippen LogP contribution is -2.02. The Balaban J connectivity index is 1.95. The van der Waals surface area contributed by atoms with Gasteiger partial charge in [-0.2, -0.15) is 11.3 Å². The highest BCUT2D eigenvalue weighted by Crippen LogP contribution is 2.18. The van der Waals surface area contributed by atoms with Crippen molar-refractivity contribution in [2.24, 2.45) is 0 Å². The number of pyridine rings is 1. The van der Waals surface area contributed by atoms with Crippen molar-refractivity contribution < 1.29 is 5.11 Å². The molecule has 0 radical (unpaired) electrons. The molecule has 1 N–H and O–H groups in total. The molecule has 3 heteroatoms. The number of thiophene rings is 1. The van der Waals surface area contributed by atoms with Crippen LogP contribution in [0.2, 0.25) is 0 Å². The Morgan fingerprint density at radius 3 is 3.00 bits per heavy atom. The van der Waals surface area contributed by atoms with Gasteiger partial charge in [0.25, 0.3) is 0 Å². The van der Waals surface area contributed by atoms with Crippen LogP contribution in [0.5, 0.6) is 0 Å². The summed E-state index contributed by atoms with van der Waals surface area (Å²) in [7, 11) is 0. The van der Waals surface area contributed by atoms with Crippen LogP contribution in [0.25, 0.3) is 0 Å². The number of aryl methyl sites for hydroxylation is 2. The van der Waals surface area contributed by atoms with Gasteiger partial charge < -0.3 is 5.11 Å². The van der Waals surface area contributed by atoms with Crippen molar-refractivity contribution in [2.75, 3.05) is 0 Å². The number of aliphatic hydroxyl groups is 1. The second-order valence-corrected chi connectivity index (χ2v) is 4.72. The third-order valence-corrected chi connectivity index (χ3v) is 3.30. The molecule has 0 aromatic carbocycles. The largest absolute Gasteiger partial charge is 0.387 e. The lowest BCUT2D eigenvalue weighted by atomic mass is 10.1. The van der Waals surface area contributed by atoms with Crippen molar-refractivity contribution in [1.82, 2.24) is 4.98 Å². The number of nitrogens with zero attached hydrogens (tertiary/aromatic N) is 1. The van der Waals surface area contributed by atoms with Crippen molar-refractivity contribution in [3.8, 4) is 0 Å². The molecule has 0 spiro atoms. The van der Waals surface area contributed by atoms with E-state index < -0.39 is 6.10 Å². The van der Waals surface area contributed by atoms with E-state index in [1.54, 1.807) is 17.5 Å². The van der Waals surface area contributed by atoms with E-state index in [2.05, 4.69) is 21.8 Å². The van der Waals surface area contributed by atoms with E-state index in [4.69, 9.17) is 0 Å². The highest BCUT2D eigenvalue weighted by molar-refractivity contribution is 7.07. The quantitative estimate of drug-likeness (QED) is 0.880. The van der Waals surface area contributed by atoms with Gasteiger partial charge in [-0.3, -0.25) is 4.98 Å². The summed E-state index contributed by atoms with van der Waals surface area (Å²) >= 11 is 1.69. The van der Waals surface area contributed by atoms with E-state index in [1.807, 2.05) is 19.1 Å². The normalized spacial score (nSPS) is 12.6. The molecule has 1 unspecified atom stereocenters. The molecule has 1 atom stereocenters. The van der Waals surface area contributed by atoms with Gasteiger partial charge in [-0.25, -0.2) is 0 Å². The Bertz CT molecular complexity index is 439. The Kier molecular flexibility index (Phi) is 3.70. The van der Waals surface area contributed by atoms with Crippen LogP contribution in [0.1, 0.15) is 29.3 Å². The number of aromatic nitrogens is 1. The van der Waals surface area contributed by atoms with Crippen LogP contribution in [0, 0.1) is 6.92 Å². The molecule has 0 saturated heterocycles. The molecule has 2 aromatic rings. The standard InChI is InChI=1S/C13H15NOS/c1-10-4-6-14-12(8-10)13(15)3-2-11-5-7-16-9-11/h4-9,13,15H,2-3H2,1H3. The zero-order chi connectivity index (χ0) is 11.4. The summed E-state index contributed by atoms with van der Waals surface area (Å²) in [6, 6.07) is 5.98. The summed E-state index contributed by atoms with van der Waals surface area (Å²) in [6.45, 7) is 2.01. The number of hydrogen-bond acceptors (Lipinski definition) is 3. The second-order valence-electron chi connectivity index (χ2n) is 3.94. The van der Waals surface area contributed by atoms with Crippen LogP contribution in [0.3, 0.4) is 0 Å². The molecule has 0 aliphatic rings. The molecule has 2 heterocycles. The van der Waals surface area contributed by atoms with Crippen LogP contribution in [-0.2, 0) is 6.42 Å². The lowest BCUT2D eigenvalue weighted by molar-refractivity contribution is 0.163. The van der Waals surface area contributed by atoms with Crippen molar-refractivity contribution in [2.45, 2.75) is 25.9 Å². The van der Waals surface area contributed by atoms with Gasteiger partial charge >= 0.3 is 0 Å². The Morgan fingerprint density at radius 2 is 2.31 bits per heavy atom. The maximum atomic E-state index is 9.98. The Labute approximate surface area is 99.6 Å². The van der Waals surface area contributed by atoms with Gasteiger partial charge in [0.1, 0.15) is 0 Å². The van der Waals surface area contributed by atoms with Crippen LogP contribution in [0.4, 0.5) is 0 Å². The van der Waals surface area contributed by atoms with Gasteiger partial charge in [0, 0.05) is 6.20 Å². The van der Waals surface area contributed by atoms with Crippen molar-refractivity contribution in [3.63, 3.8) is 0 Å². The fourth-order valence-electron chi connectivity index (χ4n) is 1.63. The first-order valence-electron chi connectivity index (χ1n) is 5.37. The summed E-state index contributed by atoms with van der Waals surface area (Å²) < 4.78 is 0. The van der Waals surface area contributed by atoms with Gasteiger partial charge in [0.2, 0.25) is 0 Å². The summed E-state index contributed by atoms with van der Waals surface area (Å²) in [4.78, 5) is 4.19. The first-order valence-corrected chi connectivity index (χ1v) is 6.31. The first-order chi connectivity index (χ1) is 7.75. The summed E-state index contributed by atoms with van der Waals surface area (Å²) in [5.41, 5.74) is 3.20. The van der Waals surface area contributed by atoms with Crippen molar-refractivity contribution in [3.05, 3.63) is 52.0 Å². The van der Waals surface area contributed by atoms with Gasteiger partial charge in [0.05, 0.1) is 11.8 Å². The molecule has 2 nitrogen and oxygen atoms in total. The number of hydrogen-bond donors (Lipinski definition) is 1.